The number of ether oxygens (including phenoxy) is 1. The summed E-state index contributed by atoms with van der Waals surface area (Å²) in [5.41, 5.74) is 0.415. The third kappa shape index (κ3) is 2.88. The lowest BCUT2D eigenvalue weighted by Gasteiger charge is -2.27. The standard InChI is InChI=1S/C11H18N2O5/c1-4-13(11(17)12-6(2)3)10-9(16)8(15)7(5-14)18-10/h4,7-10,14-16H,1-2,5H2,3H3,(H,12,17)/t7?,8-,9?,10?/m0/s1. The Balaban J connectivity index is 2.80. The SMILES string of the molecule is C=CN(C(=O)NC(=C)C)C1OC(CO)[C@H](O)C1O. The predicted molar refractivity (Wildman–Crippen MR) is 63.1 cm³/mol. The van der Waals surface area contributed by atoms with Gasteiger partial charge in [-0.25, -0.2) is 4.79 Å². The van der Waals surface area contributed by atoms with E-state index in [1.54, 1.807) is 6.92 Å². The summed E-state index contributed by atoms with van der Waals surface area (Å²) in [6.07, 6.45) is -3.46. The zero-order valence-corrected chi connectivity index (χ0v) is 10.1. The number of aliphatic hydroxyl groups is 3. The van der Waals surface area contributed by atoms with Crippen molar-refractivity contribution in [3.63, 3.8) is 0 Å². The summed E-state index contributed by atoms with van der Waals surface area (Å²) in [7, 11) is 0. The zero-order chi connectivity index (χ0) is 13.9. The predicted octanol–water partition coefficient (Wildman–Crippen LogP) is -0.886. The number of hydrogen-bond donors (Lipinski definition) is 4. The molecule has 18 heavy (non-hydrogen) atoms. The van der Waals surface area contributed by atoms with Crippen molar-refractivity contribution < 1.29 is 24.9 Å². The second-order valence-corrected chi connectivity index (χ2v) is 4.03. The first-order valence-corrected chi connectivity index (χ1v) is 5.42. The third-order valence-electron chi connectivity index (χ3n) is 2.54. The van der Waals surface area contributed by atoms with E-state index < -0.39 is 37.2 Å². The van der Waals surface area contributed by atoms with Gasteiger partial charge in [-0.15, -0.1) is 0 Å². The molecule has 4 atom stereocenters. The molecule has 0 saturated carbocycles. The fourth-order valence-electron chi connectivity index (χ4n) is 1.66. The van der Waals surface area contributed by atoms with Gasteiger partial charge in [0.2, 0.25) is 0 Å². The molecule has 4 N–H and O–H groups in total. The van der Waals surface area contributed by atoms with E-state index >= 15 is 0 Å². The maximum absolute atomic E-state index is 11.8. The van der Waals surface area contributed by atoms with Crippen LogP contribution in [0.1, 0.15) is 6.92 Å². The number of aliphatic hydroxyl groups excluding tert-OH is 3. The van der Waals surface area contributed by atoms with Crippen LogP contribution in [-0.4, -0.2) is 57.4 Å². The van der Waals surface area contributed by atoms with Crippen molar-refractivity contribution in [1.29, 1.82) is 0 Å². The second-order valence-electron chi connectivity index (χ2n) is 4.03. The molecule has 0 spiro atoms. The maximum Gasteiger partial charge on any atom is 0.327 e. The van der Waals surface area contributed by atoms with Crippen molar-refractivity contribution in [3.05, 3.63) is 25.1 Å². The minimum atomic E-state index is -1.32. The fraction of sp³-hybridized carbons (Fsp3) is 0.545. The van der Waals surface area contributed by atoms with E-state index in [4.69, 9.17) is 9.84 Å². The summed E-state index contributed by atoms with van der Waals surface area (Å²) in [5, 5.41) is 30.7. The van der Waals surface area contributed by atoms with Gasteiger partial charge in [-0.05, 0) is 6.92 Å². The van der Waals surface area contributed by atoms with Gasteiger partial charge in [-0.3, -0.25) is 4.90 Å². The Morgan fingerprint density at radius 1 is 1.50 bits per heavy atom. The Bertz CT molecular complexity index is 346. The number of nitrogens with one attached hydrogen (secondary N) is 1. The Kier molecular flexibility index (Phi) is 4.85. The number of amides is 2. The molecule has 0 aliphatic carbocycles. The van der Waals surface area contributed by atoms with Crippen molar-refractivity contribution >= 4 is 6.03 Å². The van der Waals surface area contributed by atoms with Crippen LogP contribution in [0.2, 0.25) is 0 Å². The molecule has 1 aliphatic heterocycles. The van der Waals surface area contributed by atoms with Crippen LogP contribution < -0.4 is 5.32 Å². The molecule has 0 radical (unpaired) electrons. The summed E-state index contributed by atoms with van der Waals surface area (Å²) < 4.78 is 5.21. The number of carbonyl (C=O) groups excluding carboxylic acids is 1. The van der Waals surface area contributed by atoms with Gasteiger partial charge in [0, 0.05) is 11.9 Å². The molecule has 0 bridgehead atoms. The molecule has 3 unspecified atom stereocenters. The lowest BCUT2D eigenvalue weighted by Crippen LogP contribution is -2.47. The summed E-state index contributed by atoms with van der Waals surface area (Å²) in [6, 6.07) is -0.590. The fourth-order valence-corrected chi connectivity index (χ4v) is 1.66. The lowest BCUT2D eigenvalue weighted by molar-refractivity contribution is -0.0646. The normalized spacial score (nSPS) is 30.9. The molecule has 0 aromatic heterocycles. The molecule has 7 nitrogen and oxygen atoms in total. The topological polar surface area (TPSA) is 102 Å². The summed E-state index contributed by atoms with van der Waals surface area (Å²) >= 11 is 0. The Labute approximate surface area is 105 Å². The summed E-state index contributed by atoms with van der Waals surface area (Å²) in [6.45, 7) is 8.10. The first kappa shape index (κ1) is 14.7. The van der Waals surface area contributed by atoms with Crippen molar-refractivity contribution in [2.45, 2.75) is 31.5 Å². The highest BCUT2D eigenvalue weighted by Gasteiger charge is 2.46. The molecule has 1 saturated heterocycles. The molecule has 1 aliphatic rings. The molecule has 0 aromatic rings. The largest absolute Gasteiger partial charge is 0.394 e. The van der Waals surface area contributed by atoms with Gasteiger partial charge in [0.25, 0.3) is 0 Å². The number of rotatable bonds is 4. The van der Waals surface area contributed by atoms with Crippen molar-refractivity contribution in [3.8, 4) is 0 Å². The number of nitrogens with zero attached hydrogens (tertiary/aromatic N) is 1. The smallest absolute Gasteiger partial charge is 0.327 e. The molecule has 0 aromatic carbocycles. The van der Waals surface area contributed by atoms with Gasteiger partial charge < -0.3 is 25.4 Å². The van der Waals surface area contributed by atoms with Gasteiger partial charge >= 0.3 is 6.03 Å². The third-order valence-corrected chi connectivity index (χ3v) is 2.54. The minimum Gasteiger partial charge on any atom is -0.394 e. The summed E-state index contributed by atoms with van der Waals surface area (Å²) in [5.74, 6) is 0. The average molecular weight is 258 g/mol. The quantitative estimate of drug-likeness (QED) is 0.524. The molecule has 1 fully saturated rings. The maximum atomic E-state index is 11.8. The highest BCUT2D eigenvalue weighted by atomic mass is 16.6. The molecule has 7 heteroatoms. The van der Waals surface area contributed by atoms with Crippen LogP contribution in [0.4, 0.5) is 4.79 Å². The molecule has 1 rings (SSSR count). The first-order valence-electron chi connectivity index (χ1n) is 5.42. The molecular weight excluding hydrogens is 240 g/mol. The minimum absolute atomic E-state index is 0.415. The molecule has 1 heterocycles. The molecule has 102 valence electrons. The van der Waals surface area contributed by atoms with Crippen LogP contribution in [-0.2, 0) is 4.74 Å². The highest BCUT2D eigenvalue weighted by molar-refractivity contribution is 5.77. The van der Waals surface area contributed by atoms with Gasteiger partial charge in [0.15, 0.2) is 6.23 Å². The molecular formula is C11H18N2O5. The van der Waals surface area contributed by atoms with Crippen molar-refractivity contribution in [1.82, 2.24) is 10.2 Å². The summed E-state index contributed by atoms with van der Waals surface area (Å²) in [4.78, 5) is 12.8. The van der Waals surface area contributed by atoms with E-state index in [1.165, 1.54) is 6.20 Å². The van der Waals surface area contributed by atoms with Crippen molar-refractivity contribution in [2.75, 3.05) is 6.61 Å². The monoisotopic (exact) mass is 258 g/mol. The number of hydrogen-bond acceptors (Lipinski definition) is 5. The van der Waals surface area contributed by atoms with Gasteiger partial charge in [-0.2, -0.15) is 0 Å². The Morgan fingerprint density at radius 3 is 2.50 bits per heavy atom. The van der Waals surface area contributed by atoms with Crippen LogP contribution in [0.3, 0.4) is 0 Å². The number of carbonyl (C=O) groups is 1. The van der Waals surface area contributed by atoms with Gasteiger partial charge in [0.05, 0.1) is 6.61 Å². The average Bonchev–Trinajstić information content (AvgIpc) is 2.57. The Morgan fingerprint density at radius 2 is 2.11 bits per heavy atom. The second kappa shape index (κ2) is 5.96. The van der Waals surface area contributed by atoms with E-state index in [9.17, 15) is 15.0 Å². The lowest BCUT2D eigenvalue weighted by atomic mass is 10.1. The van der Waals surface area contributed by atoms with Gasteiger partial charge in [0.1, 0.15) is 18.3 Å². The molecule has 2 amide bonds. The van der Waals surface area contributed by atoms with E-state index in [2.05, 4.69) is 18.5 Å². The van der Waals surface area contributed by atoms with E-state index in [0.717, 1.165) is 4.90 Å². The van der Waals surface area contributed by atoms with E-state index in [1.807, 2.05) is 0 Å². The van der Waals surface area contributed by atoms with E-state index in [-0.39, 0.29) is 0 Å². The number of urea groups is 1. The highest BCUT2D eigenvalue weighted by Crippen LogP contribution is 2.24. The van der Waals surface area contributed by atoms with Crippen LogP contribution >= 0.6 is 0 Å². The van der Waals surface area contributed by atoms with Crippen LogP contribution in [0, 0.1) is 0 Å². The first-order chi connectivity index (χ1) is 8.42. The van der Waals surface area contributed by atoms with Crippen molar-refractivity contribution in [2.24, 2.45) is 0 Å². The Hall–Kier alpha value is -1.41. The van der Waals surface area contributed by atoms with Crippen LogP contribution in [0.25, 0.3) is 0 Å². The van der Waals surface area contributed by atoms with Gasteiger partial charge in [-0.1, -0.05) is 13.2 Å². The zero-order valence-electron chi connectivity index (χ0n) is 10.1. The van der Waals surface area contributed by atoms with Crippen LogP contribution in [0.15, 0.2) is 25.1 Å². The van der Waals surface area contributed by atoms with Crippen LogP contribution in [0.5, 0.6) is 0 Å². The number of allylic oxidation sites excluding steroid dienone is 1. The van der Waals surface area contributed by atoms with E-state index in [0.29, 0.717) is 5.70 Å².